The van der Waals surface area contributed by atoms with E-state index in [1.165, 1.54) is 0 Å². The van der Waals surface area contributed by atoms with Crippen molar-refractivity contribution in [3.63, 3.8) is 0 Å². The molecule has 1 rings (SSSR count). The topological polar surface area (TPSA) is 46.0 Å². The third-order valence-corrected chi connectivity index (χ3v) is 0.701. The number of hydrogen-bond donors (Lipinski definition) is 1. The first-order valence-corrected chi connectivity index (χ1v) is 2.18. The van der Waals surface area contributed by atoms with Crippen molar-refractivity contribution < 1.29 is 5.02 Å². The van der Waals surface area contributed by atoms with Crippen molar-refractivity contribution in [3.8, 4) is 0 Å². The summed E-state index contributed by atoms with van der Waals surface area (Å²) in [6.45, 7) is 0. The van der Waals surface area contributed by atoms with Gasteiger partial charge in [0.1, 0.15) is 5.72 Å². The predicted molar refractivity (Wildman–Crippen MR) is 29.6 cm³/mol. The van der Waals surface area contributed by atoms with Crippen LogP contribution in [-0.2, 0) is 0 Å². The fourth-order valence-electron chi connectivity index (χ4n) is 0.377. The molecule has 39 valence electrons. The van der Waals surface area contributed by atoms with Crippen molar-refractivity contribution in [3.05, 3.63) is 18.5 Å². The van der Waals surface area contributed by atoms with Gasteiger partial charge in [0.15, 0.2) is 0 Å². The highest BCUT2D eigenvalue weighted by molar-refractivity contribution is 6.42. The highest BCUT2D eigenvalue weighted by atomic mass is 16.2. The quantitative estimate of drug-likeness (QED) is 0.454. The van der Waals surface area contributed by atoms with Crippen molar-refractivity contribution in [2.45, 2.75) is 0 Å². The zero-order chi connectivity index (χ0) is 5.82. The molecule has 1 heterocycles. The summed E-state index contributed by atoms with van der Waals surface area (Å²) in [6, 6.07) is 1.69. The summed E-state index contributed by atoms with van der Waals surface area (Å²) >= 11 is 0. The SMILES string of the molecule is O[B]c1ncccn1. The maximum atomic E-state index is 8.29. The molecule has 0 unspecified atom stereocenters. The van der Waals surface area contributed by atoms with Crippen LogP contribution < -0.4 is 5.72 Å². The standard InChI is InChI=1S/C4H4BN2O/c8-5-4-6-2-1-3-7-4/h1-3,8H. The summed E-state index contributed by atoms with van der Waals surface area (Å²) in [5, 5.41) is 8.29. The molecule has 3 nitrogen and oxygen atoms in total. The first-order chi connectivity index (χ1) is 3.93. The maximum Gasteiger partial charge on any atom is 0.375 e. The van der Waals surface area contributed by atoms with Crippen LogP contribution in [0.2, 0.25) is 0 Å². The Labute approximate surface area is 47.7 Å². The summed E-state index contributed by atoms with van der Waals surface area (Å²) in [4.78, 5) is 7.36. The van der Waals surface area contributed by atoms with Crippen LogP contribution in [0.5, 0.6) is 0 Å². The van der Waals surface area contributed by atoms with Crippen molar-refractivity contribution in [2.24, 2.45) is 0 Å². The molecule has 1 aromatic rings. The highest BCUT2D eigenvalue weighted by Gasteiger charge is 1.89. The fourth-order valence-corrected chi connectivity index (χ4v) is 0.377. The van der Waals surface area contributed by atoms with Gasteiger partial charge in [-0.1, -0.05) is 0 Å². The van der Waals surface area contributed by atoms with Crippen molar-refractivity contribution >= 4 is 13.2 Å². The van der Waals surface area contributed by atoms with Crippen LogP contribution in [-0.4, -0.2) is 22.5 Å². The average molecular weight is 107 g/mol. The molecule has 1 radical (unpaired) electrons. The van der Waals surface area contributed by atoms with E-state index in [0.717, 1.165) is 7.48 Å². The Morgan fingerprint density at radius 1 is 1.38 bits per heavy atom. The third-order valence-electron chi connectivity index (χ3n) is 0.701. The van der Waals surface area contributed by atoms with E-state index in [0.29, 0.717) is 5.72 Å². The van der Waals surface area contributed by atoms with Gasteiger partial charge in [-0.05, 0) is 6.07 Å². The molecule has 8 heavy (non-hydrogen) atoms. The Hall–Kier alpha value is -0.895. The Morgan fingerprint density at radius 2 is 2.00 bits per heavy atom. The minimum absolute atomic E-state index is 0.340. The van der Waals surface area contributed by atoms with Gasteiger partial charge in [-0.25, -0.2) is 9.97 Å². The van der Waals surface area contributed by atoms with E-state index in [2.05, 4.69) is 9.97 Å². The van der Waals surface area contributed by atoms with E-state index < -0.39 is 0 Å². The summed E-state index contributed by atoms with van der Waals surface area (Å²) in [6.07, 6.45) is 3.13. The molecule has 0 aliphatic heterocycles. The molecule has 1 N–H and O–H groups in total. The normalized spacial score (nSPS) is 8.62. The first-order valence-electron chi connectivity index (χ1n) is 2.18. The predicted octanol–water partition coefficient (Wildman–Crippen LogP) is -1.29. The molecule has 0 saturated heterocycles. The van der Waals surface area contributed by atoms with E-state index in [9.17, 15) is 0 Å². The average Bonchev–Trinajstić information content (AvgIpc) is 1.90. The van der Waals surface area contributed by atoms with Crippen LogP contribution in [0, 0.1) is 0 Å². The molecule has 0 atom stereocenters. The van der Waals surface area contributed by atoms with Gasteiger partial charge in [-0.3, -0.25) is 0 Å². The van der Waals surface area contributed by atoms with Crippen LogP contribution in [0.25, 0.3) is 0 Å². The van der Waals surface area contributed by atoms with E-state index in [1.807, 2.05) is 0 Å². The highest BCUT2D eigenvalue weighted by Crippen LogP contribution is 1.66. The van der Waals surface area contributed by atoms with Gasteiger partial charge in [0.05, 0.1) is 0 Å². The van der Waals surface area contributed by atoms with Gasteiger partial charge in [-0.2, -0.15) is 0 Å². The van der Waals surface area contributed by atoms with Crippen LogP contribution in [0.4, 0.5) is 0 Å². The lowest BCUT2D eigenvalue weighted by Gasteiger charge is -1.85. The summed E-state index contributed by atoms with van der Waals surface area (Å²) in [5.74, 6) is 0. The lowest BCUT2D eigenvalue weighted by atomic mass is 10.0. The number of aromatic nitrogens is 2. The number of rotatable bonds is 1. The second kappa shape index (κ2) is 2.42. The minimum atomic E-state index is 0.340. The van der Waals surface area contributed by atoms with Crippen LogP contribution >= 0.6 is 0 Å². The summed E-state index contributed by atoms with van der Waals surface area (Å²) in [7, 11) is 0.861. The fraction of sp³-hybridized carbons (Fsp3) is 0. The molecule has 0 aliphatic carbocycles. The van der Waals surface area contributed by atoms with Crippen LogP contribution in [0.3, 0.4) is 0 Å². The maximum absolute atomic E-state index is 8.29. The Balaban J connectivity index is 2.83. The van der Waals surface area contributed by atoms with Gasteiger partial charge in [0, 0.05) is 12.4 Å². The van der Waals surface area contributed by atoms with Gasteiger partial charge in [0.25, 0.3) is 0 Å². The third kappa shape index (κ3) is 1.04. The molecule has 0 bridgehead atoms. The van der Waals surface area contributed by atoms with Crippen LogP contribution in [0.15, 0.2) is 18.5 Å². The molecular weight excluding hydrogens is 103 g/mol. The van der Waals surface area contributed by atoms with Gasteiger partial charge < -0.3 is 5.02 Å². The summed E-state index contributed by atoms with van der Waals surface area (Å²) < 4.78 is 0. The number of hydrogen-bond acceptors (Lipinski definition) is 3. The van der Waals surface area contributed by atoms with E-state index >= 15 is 0 Å². The van der Waals surface area contributed by atoms with E-state index in [4.69, 9.17) is 5.02 Å². The Kier molecular flexibility index (Phi) is 1.59. The first kappa shape index (κ1) is 5.25. The molecule has 0 aromatic carbocycles. The molecule has 1 aromatic heterocycles. The smallest absolute Gasteiger partial charge is 0.375 e. The van der Waals surface area contributed by atoms with Crippen LogP contribution in [0.1, 0.15) is 0 Å². The van der Waals surface area contributed by atoms with Gasteiger partial charge in [-0.15, -0.1) is 0 Å². The van der Waals surface area contributed by atoms with Gasteiger partial charge >= 0.3 is 7.48 Å². The lowest BCUT2D eigenvalue weighted by molar-refractivity contribution is 0.612. The van der Waals surface area contributed by atoms with E-state index in [1.54, 1.807) is 18.5 Å². The Morgan fingerprint density at radius 3 is 2.38 bits per heavy atom. The molecule has 0 aliphatic rings. The number of nitrogens with zero attached hydrogens (tertiary/aromatic N) is 2. The second-order valence-corrected chi connectivity index (χ2v) is 1.24. The molecule has 0 amide bonds. The van der Waals surface area contributed by atoms with Crippen molar-refractivity contribution in [1.29, 1.82) is 0 Å². The van der Waals surface area contributed by atoms with Crippen molar-refractivity contribution in [2.75, 3.05) is 0 Å². The van der Waals surface area contributed by atoms with Gasteiger partial charge in [0.2, 0.25) is 0 Å². The summed E-state index contributed by atoms with van der Waals surface area (Å²) in [5.41, 5.74) is 0.340. The van der Waals surface area contributed by atoms with Crippen molar-refractivity contribution in [1.82, 2.24) is 9.97 Å². The molecular formula is C4H4BN2O. The second-order valence-electron chi connectivity index (χ2n) is 1.24. The zero-order valence-corrected chi connectivity index (χ0v) is 4.15. The molecule has 0 spiro atoms. The largest absolute Gasteiger partial charge is 0.447 e. The molecule has 4 heteroatoms. The molecule has 0 saturated carbocycles. The zero-order valence-electron chi connectivity index (χ0n) is 4.15. The molecule has 0 fully saturated rings. The Bertz CT molecular complexity index is 155. The lowest BCUT2D eigenvalue weighted by Crippen LogP contribution is -2.20. The monoisotopic (exact) mass is 107 g/mol. The minimum Gasteiger partial charge on any atom is -0.447 e. The van der Waals surface area contributed by atoms with E-state index in [-0.39, 0.29) is 0 Å².